The van der Waals surface area contributed by atoms with E-state index in [1.165, 1.54) is 180 Å². The molecule has 0 bridgehead atoms. The van der Waals surface area contributed by atoms with Gasteiger partial charge in [0.25, 0.3) is 0 Å². The summed E-state index contributed by atoms with van der Waals surface area (Å²) in [5, 5.41) is 48.7. The molecule has 0 aromatic carbocycles. The summed E-state index contributed by atoms with van der Waals surface area (Å²) in [6, 6.07) is 0. The molecular formula is C41H80N4O5. The van der Waals surface area contributed by atoms with Gasteiger partial charge in [-0.2, -0.15) is 0 Å². The van der Waals surface area contributed by atoms with E-state index in [2.05, 4.69) is 29.1 Å². The average Bonchev–Trinajstić information content (AvgIpc) is 3.56. The van der Waals surface area contributed by atoms with E-state index in [1.54, 1.807) is 4.68 Å². The third kappa shape index (κ3) is 21.4. The Hall–Kier alpha value is -1.10. The smallest absolute Gasteiger partial charge is 0.184 e. The van der Waals surface area contributed by atoms with Crippen LogP contribution in [-0.2, 0) is 17.8 Å². The van der Waals surface area contributed by atoms with E-state index < -0.39 is 30.7 Å². The van der Waals surface area contributed by atoms with Crippen LogP contribution in [0.5, 0.6) is 0 Å². The highest BCUT2D eigenvalue weighted by Crippen LogP contribution is 2.21. The van der Waals surface area contributed by atoms with E-state index in [4.69, 9.17) is 4.74 Å². The monoisotopic (exact) mass is 709 g/mol. The van der Waals surface area contributed by atoms with Crippen LogP contribution in [0.4, 0.5) is 0 Å². The third-order valence-corrected chi connectivity index (χ3v) is 10.7. The van der Waals surface area contributed by atoms with Gasteiger partial charge in [0.1, 0.15) is 24.4 Å². The molecule has 0 spiro atoms. The predicted octanol–water partition coefficient (Wildman–Crippen LogP) is 8.84. The first-order valence-corrected chi connectivity index (χ1v) is 21.4. The van der Waals surface area contributed by atoms with Crippen molar-refractivity contribution in [1.29, 1.82) is 0 Å². The maximum atomic E-state index is 10.3. The van der Waals surface area contributed by atoms with Gasteiger partial charge in [-0.15, -0.1) is 5.10 Å². The summed E-state index contributed by atoms with van der Waals surface area (Å²) < 4.78 is 6.93. The fraction of sp³-hybridized carbons (Fsp3) is 0.951. The van der Waals surface area contributed by atoms with Gasteiger partial charge in [-0.05, 0) is 25.9 Å². The van der Waals surface area contributed by atoms with Crippen LogP contribution in [-0.4, -0.2) is 84.1 Å². The van der Waals surface area contributed by atoms with Crippen molar-refractivity contribution in [3.63, 3.8) is 0 Å². The maximum Gasteiger partial charge on any atom is 0.184 e. The normalized spacial score (nSPS) is 21.1. The molecule has 9 heteroatoms. The fourth-order valence-electron chi connectivity index (χ4n) is 7.33. The van der Waals surface area contributed by atoms with Crippen LogP contribution in [0.3, 0.4) is 0 Å². The molecule has 1 aromatic rings. The molecule has 0 amide bonds. The van der Waals surface area contributed by atoms with Gasteiger partial charge in [-0.1, -0.05) is 186 Å². The molecule has 50 heavy (non-hydrogen) atoms. The Morgan fingerprint density at radius 3 is 1.32 bits per heavy atom. The first kappa shape index (κ1) is 45.1. The lowest BCUT2D eigenvalue weighted by atomic mass is 9.99. The number of hydrogen-bond donors (Lipinski definition) is 4. The summed E-state index contributed by atoms with van der Waals surface area (Å²) in [5.74, 6) is 0. The first-order chi connectivity index (χ1) is 24.5. The molecule has 2 rings (SSSR count). The summed E-state index contributed by atoms with van der Waals surface area (Å²) in [7, 11) is 0. The molecule has 294 valence electrons. The van der Waals surface area contributed by atoms with Crippen molar-refractivity contribution in [2.75, 3.05) is 13.1 Å². The zero-order valence-corrected chi connectivity index (χ0v) is 32.6. The Morgan fingerprint density at radius 1 is 0.540 bits per heavy atom. The van der Waals surface area contributed by atoms with Crippen molar-refractivity contribution >= 4 is 0 Å². The summed E-state index contributed by atoms with van der Waals surface area (Å²) in [6.45, 7) is 7.55. The van der Waals surface area contributed by atoms with Gasteiger partial charge >= 0.3 is 0 Å². The van der Waals surface area contributed by atoms with E-state index in [0.29, 0.717) is 0 Å². The van der Waals surface area contributed by atoms with Crippen LogP contribution in [0.1, 0.15) is 199 Å². The molecular weight excluding hydrogens is 628 g/mol. The van der Waals surface area contributed by atoms with Crippen molar-refractivity contribution in [3.8, 4) is 0 Å². The SMILES string of the molecule is CCCCCCCCCCCCCCCCN(CCCCCCCCCCCCCCCC)Cc1cn(C[C@@H]2OC(O)[C@@H](O)[C@H](O)[C@@H]2O)nn1. The predicted molar refractivity (Wildman–Crippen MR) is 205 cm³/mol. The Bertz CT molecular complexity index is 857. The molecule has 1 aromatic heterocycles. The minimum absolute atomic E-state index is 0.132. The highest BCUT2D eigenvalue weighted by Gasteiger charge is 2.43. The van der Waals surface area contributed by atoms with Crippen molar-refractivity contribution in [3.05, 3.63) is 11.9 Å². The number of ether oxygens (including phenoxy) is 1. The molecule has 1 aliphatic rings. The summed E-state index contributed by atoms with van der Waals surface area (Å²) in [6.07, 6.45) is 33.3. The zero-order valence-electron chi connectivity index (χ0n) is 32.6. The van der Waals surface area contributed by atoms with Gasteiger partial charge in [0.15, 0.2) is 6.29 Å². The lowest BCUT2D eigenvalue weighted by Crippen LogP contribution is -2.58. The van der Waals surface area contributed by atoms with Crippen LogP contribution >= 0.6 is 0 Å². The van der Waals surface area contributed by atoms with Crippen LogP contribution in [0.15, 0.2) is 6.20 Å². The minimum Gasteiger partial charge on any atom is -0.388 e. The van der Waals surface area contributed by atoms with Crippen molar-refractivity contribution in [2.45, 2.75) is 237 Å². The number of rotatable bonds is 34. The number of aliphatic hydroxyl groups excluding tert-OH is 4. The van der Waals surface area contributed by atoms with Crippen molar-refractivity contribution in [2.24, 2.45) is 0 Å². The number of unbranched alkanes of at least 4 members (excludes halogenated alkanes) is 26. The van der Waals surface area contributed by atoms with E-state index in [-0.39, 0.29) is 6.54 Å². The quantitative estimate of drug-likeness (QED) is 0.0524. The van der Waals surface area contributed by atoms with E-state index >= 15 is 0 Å². The Kier molecular flexibility index (Phi) is 27.4. The first-order valence-electron chi connectivity index (χ1n) is 21.4. The number of aromatic nitrogens is 3. The largest absolute Gasteiger partial charge is 0.388 e. The highest BCUT2D eigenvalue weighted by atomic mass is 16.6. The molecule has 0 radical (unpaired) electrons. The minimum atomic E-state index is -1.55. The lowest BCUT2D eigenvalue weighted by Gasteiger charge is -2.38. The molecule has 9 nitrogen and oxygen atoms in total. The van der Waals surface area contributed by atoms with Gasteiger partial charge < -0.3 is 25.2 Å². The van der Waals surface area contributed by atoms with E-state index in [9.17, 15) is 20.4 Å². The van der Waals surface area contributed by atoms with Gasteiger partial charge in [-0.25, -0.2) is 4.68 Å². The maximum absolute atomic E-state index is 10.3. The van der Waals surface area contributed by atoms with Crippen molar-refractivity contribution in [1.82, 2.24) is 19.9 Å². The standard InChI is InChI=1S/C41H80N4O5/c1-3-5-7-9-11-13-15-17-19-21-23-25-27-29-31-44(32-30-28-26-24-22-20-18-16-14-12-10-8-6-4-2)33-36-34-45(43-42-36)35-37-38(46)39(47)40(48)41(49)50-37/h34,37-41,46-49H,3-33,35H2,1-2H3/t37-,38+,39+,40-,41?/m0/s1. The average molecular weight is 709 g/mol. The molecule has 1 unspecified atom stereocenters. The van der Waals surface area contributed by atoms with Gasteiger partial charge in [-0.3, -0.25) is 4.90 Å². The second-order valence-corrected chi connectivity index (χ2v) is 15.4. The Morgan fingerprint density at radius 2 is 0.920 bits per heavy atom. The van der Waals surface area contributed by atoms with Crippen LogP contribution in [0.2, 0.25) is 0 Å². The molecule has 1 fully saturated rings. The Labute approximate surface area is 307 Å². The van der Waals surface area contributed by atoms with Crippen LogP contribution in [0.25, 0.3) is 0 Å². The van der Waals surface area contributed by atoms with Crippen molar-refractivity contribution < 1.29 is 25.2 Å². The number of nitrogens with zero attached hydrogens (tertiary/aromatic N) is 4. The van der Waals surface area contributed by atoms with Gasteiger partial charge in [0, 0.05) is 12.7 Å². The third-order valence-electron chi connectivity index (χ3n) is 10.7. The summed E-state index contributed by atoms with van der Waals surface area (Å²) in [5.41, 5.74) is 0.868. The van der Waals surface area contributed by atoms with Crippen LogP contribution < -0.4 is 0 Å². The van der Waals surface area contributed by atoms with Gasteiger partial charge in [0.05, 0.1) is 12.2 Å². The summed E-state index contributed by atoms with van der Waals surface area (Å²) in [4.78, 5) is 2.52. The number of hydrogen-bond acceptors (Lipinski definition) is 8. The molecule has 4 N–H and O–H groups in total. The summed E-state index contributed by atoms with van der Waals surface area (Å²) >= 11 is 0. The van der Waals surface area contributed by atoms with Gasteiger partial charge in [0.2, 0.25) is 0 Å². The lowest BCUT2D eigenvalue weighted by molar-refractivity contribution is -0.284. The molecule has 5 atom stereocenters. The van der Waals surface area contributed by atoms with Crippen LogP contribution in [0, 0.1) is 0 Å². The Balaban J connectivity index is 1.66. The fourth-order valence-corrected chi connectivity index (χ4v) is 7.33. The molecule has 1 aliphatic heterocycles. The highest BCUT2D eigenvalue weighted by molar-refractivity contribution is 4.94. The second kappa shape index (κ2) is 30.4. The second-order valence-electron chi connectivity index (χ2n) is 15.4. The molecule has 2 heterocycles. The molecule has 0 aliphatic carbocycles. The zero-order chi connectivity index (χ0) is 36.1. The molecule has 0 saturated carbocycles. The van der Waals surface area contributed by atoms with E-state index in [0.717, 1.165) is 25.3 Å². The van der Waals surface area contributed by atoms with E-state index in [1.807, 2.05) is 6.20 Å². The topological polar surface area (TPSA) is 124 Å². The molecule has 1 saturated heterocycles. The number of aliphatic hydroxyl groups is 4.